The Morgan fingerprint density at radius 2 is 1.68 bits per heavy atom. The van der Waals surface area contributed by atoms with Gasteiger partial charge >= 0.3 is 6.03 Å². The van der Waals surface area contributed by atoms with Crippen LogP contribution in [0.4, 0.5) is 10.5 Å². The van der Waals surface area contributed by atoms with Crippen LogP contribution in [0.1, 0.15) is 12.0 Å². The first-order valence-electron chi connectivity index (χ1n) is 9.18. The molecule has 0 bridgehead atoms. The van der Waals surface area contributed by atoms with Crippen molar-refractivity contribution in [1.82, 2.24) is 9.80 Å². The van der Waals surface area contributed by atoms with E-state index >= 15 is 0 Å². The lowest BCUT2D eigenvalue weighted by molar-refractivity contribution is 0.0507. The Balaban J connectivity index is 1.23. The normalized spacial score (nSPS) is 22.3. The van der Waals surface area contributed by atoms with E-state index < -0.39 is 0 Å². The molecule has 2 aromatic rings. The molecule has 2 atom stereocenters. The number of hydrogen-bond acceptors (Lipinski definition) is 2. The van der Waals surface area contributed by atoms with E-state index in [0.29, 0.717) is 12.0 Å². The van der Waals surface area contributed by atoms with Crippen LogP contribution in [0.15, 0.2) is 60.7 Å². The molecular formula is C21H25N3O. The number of aryl methyl sites for hydroxylation is 1. The summed E-state index contributed by atoms with van der Waals surface area (Å²) in [6.07, 6.45) is 2.32. The third-order valence-electron chi connectivity index (χ3n) is 5.41. The van der Waals surface area contributed by atoms with Crippen LogP contribution in [0.5, 0.6) is 0 Å². The minimum Gasteiger partial charge on any atom is -0.323 e. The zero-order chi connectivity index (χ0) is 17.1. The average molecular weight is 335 g/mol. The lowest BCUT2D eigenvalue weighted by atomic mass is 9.91. The van der Waals surface area contributed by atoms with E-state index in [1.54, 1.807) is 0 Å². The zero-order valence-corrected chi connectivity index (χ0v) is 14.5. The highest BCUT2D eigenvalue weighted by Crippen LogP contribution is 2.32. The number of para-hydroxylation sites is 1. The molecule has 0 saturated carbocycles. The van der Waals surface area contributed by atoms with Gasteiger partial charge < -0.3 is 10.2 Å². The van der Waals surface area contributed by atoms with Crippen molar-refractivity contribution < 1.29 is 4.79 Å². The van der Waals surface area contributed by atoms with Gasteiger partial charge in [0, 0.05) is 37.3 Å². The number of nitrogens with zero attached hydrogens (tertiary/aromatic N) is 2. The minimum absolute atomic E-state index is 0.0323. The summed E-state index contributed by atoms with van der Waals surface area (Å²) in [4.78, 5) is 17.0. The van der Waals surface area contributed by atoms with Gasteiger partial charge in [0.1, 0.15) is 0 Å². The molecule has 25 heavy (non-hydrogen) atoms. The van der Waals surface area contributed by atoms with Gasteiger partial charge in [-0.15, -0.1) is 0 Å². The second kappa shape index (κ2) is 7.28. The maximum Gasteiger partial charge on any atom is 0.321 e. The molecule has 2 heterocycles. The third-order valence-corrected chi connectivity index (χ3v) is 5.41. The van der Waals surface area contributed by atoms with E-state index in [0.717, 1.165) is 38.3 Å². The number of fused-ring (bicyclic) bond motifs is 1. The summed E-state index contributed by atoms with van der Waals surface area (Å²) in [6.45, 7) is 4.01. The Bertz CT molecular complexity index is 704. The fourth-order valence-corrected chi connectivity index (χ4v) is 4.02. The van der Waals surface area contributed by atoms with E-state index in [1.807, 2.05) is 35.2 Å². The van der Waals surface area contributed by atoms with Gasteiger partial charge in [-0.05, 0) is 37.1 Å². The van der Waals surface area contributed by atoms with Crippen molar-refractivity contribution >= 4 is 11.7 Å². The SMILES string of the molecule is O=C(Nc1ccccc1)N1C[C@@H]2CN(CCCc3ccccc3)[C@@H]2C1. The van der Waals surface area contributed by atoms with Gasteiger partial charge in [-0.2, -0.15) is 0 Å². The Kier molecular flexibility index (Phi) is 4.70. The second-order valence-electron chi connectivity index (χ2n) is 7.11. The summed E-state index contributed by atoms with van der Waals surface area (Å²) < 4.78 is 0. The number of carbonyl (C=O) groups excluding carboxylic acids is 1. The number of urea groups is 1. The van der Waals surface area contributed by atoms with E-state index in [1.165, 1.54) is 12.0 Å². The molecule has 2 saturated heterocycles. The predicted molar refractivity (Wildman–Crippen MR) is 101 cm³/mol. The van der Waals surface area contributed by atoms with Crippen molar-refractivity contribution in [3.63, 3.8) is 0 Å². The molecule has 4 nitrogen and oxygen atoms in total. The van der Waals surface area contributed by atoms with Crippen molar-refractivity contribution in [2.75, 3.05) is 31.5 Å². The van der Waals surface area contributed by atoms with E-state index in [4.69, 9.17) is 0 Å². The summed E-state index contributed by atoms with van der Waals surface area (Å²) in [5.41, 5.74) is 2.28. The summed E-state index contributed by atoms with van der Waals surface area (Å²) in [6, 6.07) is 21.0. The van der Waals surface area contributed by atoms with Crippen LogP contribution in [-0.4, -0.2) is 48.1 Å². The second-order valence-corrected chi connectivity index (χ2v) is 7.11. The molecule has 0 spiro atoms. The third kappa shape index (κ3) is 3.69. The lowest BCUT2D eigenvalue weighted by Gasteiger charge is -2.43. The largest absolute Gasteiger partial charge is 0.323 e. The number of likely N-dealkylation sites (tertiary alicyclic amines) is 2. The molecule has 2 aliphatic heterocycles. The number of nitrogens with one attached hydrogen (secondary N) is 1. The molecule has 4 rings (SSSR count). The topological polar surface area (TPSA) is 35.6 Å². The quantitative estimate of drug-likeness (QED) is 0.908. The number of carbonyl (C=O) groups is 1. The van der Waals surface area contributed by atoms with Crippen molar-refractivity contribution in [3.8, 4) is 0 Å². The molecule has 1 N–H and O–H groups in total. The minimum atomic E-state index is 0.0323. The highest BCUT2D eigenvalue weighted by Gasteiger charge is 2.46. The molecule has 2 aliphatic rings. The fraction of sp³-hybridized carbons (Fsp3) is 0.381. The average Bonchev–Trinajstić information content (AvgIpc) is 2.98. The van der Waals surface area contributed by atoms with Crippen LogP contribution in [0, 0.1) is 5.92 Å². The van der Waals surface area contributed by atoms with Gasteiger partial charge in [0.05, 0.1) is 0 Å². The van der Waals surface area contributed by atoms with Crippen LogP contribution in [-0.2, 0) is 6.42 Å². The molecule has 4 heteroatoms. The first-order chi connectivity index (χ1) is 12.3. The number of benzene rings is 2. The number of amides is 2. The van der Waals surface area contributed by atoms with Crippen molar-refractivity contribution in [1.29, 1.82) is 0 Å². The van der Waals surface area contributed by atoms with E-state index in [-0.39, 0.29) is 6.03 Å². The first-order valence-corrected chi connectivity index (χ1v) is 9.18. The number of hydrogen-bond donors (Lipinski definition) is 1. The maximum absolute atomic E-state index is 12.4. The molecule has 0 aliphatic carbocycles. The highest BCUT2D eigenvalue weighted by molar-refractivity contribution is 5.89. The summed E-state index contributed by atoms with van der Waals surface area (Å²) in [5.74, 6) is 0.651. The molecule has 130 valence electrons. The Morgan fingerprint density at radius 1 is 0.960 bits per heavy atom. The molecule has 0 unspecified atom stereocenters. The van der Waals surface area contributed by atoms with Crippen LogP contribution in [0.3, 0.4) is 0 Å². The molecule has 2 amide bonds. The van der Waals surface area contributed by atoms with Crippen LogP contribution < -0.4 is 5.32 Å². The predicted octanol–water partition coefficient (Wildman–Crippen LogP) is 3.47. The van der Waals surface area contributed by atoms with Gasteiger partial charge in [-0.25, -0.2) is 4.79 Å². The van der Waals surface area contributed by atoms with Crippen LogP contribution >= 0.6 is 0 Å². The Labute approximate surface area is 149 Å². The van der Waals surface area contributed by atoms with Gasteiger partial charge in [-0.3, -0.25) is 4.90 Å². The number of anilines is 1. The van der Waals surface area contributed by atoms with Gasteiger partial charge in [0.25, 0.3) is 0 Å². The smallest absolute Gasteiger partial charge is 0.321 e. The standard InChI is InChI=1S/C21H25N3O/c25-21(22-19-11-5-2-6-12-19)24-15-18-14-23(20(18)16-24)13-7-10-17-8-3-1-4-9-17/h1-6,8-9,11-12,18,20H,7,10,13-16H2,(H,22,25)/t18-,20+/m0/s1. The monoisotopic (exact) mass is 335 g/mol. The van der Waals surface area contributed by atoms with Crippen molar-refractivity contribution in [2.24, 2.45) is 5.92 Å². The molecule has 0 radical (unpaired) electrons. The van der Waals surface area contributed by atoms with Crippen LogP contribution in [0.2, 0.25) is 0 Å². The zero-order valence-electron chi connectivity index (χ0n) is 14.5. The van der Waals surface area contributed by atoms with Crippen LogP contribution in [0.25, 0.3) is 0 Å². The molecule has 0 aromatic heterocycles. The number of rotatable bonds is 5. The van der Waals surface area contributed by atoms with Gasteiger partial charge in [0.2, 0.25) is 0 Å². The van der Waals surface area contributed by atoms with Gasteiger partial charge in [-0.1, -0.05) is 48.5 Å². The summed E-state index contributed by atoms with van der Waals surface area (Å²) in [7, 11) is 0. The van der Waals surface area contributed by atoms with E-state index in [9.17, 15) is 4.79 Å². The summed E-state index contributed by atoms with van der Waals surface area (Å²) >= 11 is 0. The lowest BCUT2D eigenvalue weighted by Crippen LogP contribution is -2.55. The first kappa shape index (κ1) is 16.2. The molecular weight excluding hydrogens is 310 g/mol. The molecule has 2 fully saturated rings. The summed E-state index contributed by atoms with van der Waals surface area (Å²) in [5, 5.41) is 3.00. The van der Waals surface area contributed by atoms with E-state index in [2.05, 4.69) is 40.5 Å². The van der Waals surface area contributed by atoms with Crippen molar-refractivity contribution in [2.45, 2.75) is 18.9 Å². The molecule has 2 aromatic carbocycles. The Hall–Kier alpha value is -2.33. The Morgan fingerprint density at radius 3 is 2.44 bits per heavy atom. The maximum atomic E-state index is 12.4. The highest BCUT2D eigenvalue weighted by atomic mass is 16.2. The van der Waals surface area contributed by atoms with Gasteiger partial charge in [0.15, 0.2) is 0 Å². The fourth-order valence-electron chi connectivity index (χ4n) is 4.02. The van der Waals surface area contributed by atoms with Crippen molar-refractivity contribution in [3.05, 3.63) is 66.2 Å².